The number of aromatic amines is 1. The fourth-order valence-corrected chi connectivity index (χ4v) is 5.98. The Morgan fingerprint density at radius 1 is 1.17 bits per heavy atom. The second-order valence-corrected chi connectivity index (χ2v) is 12.6. The molecule has 1 atom stereocenters. The number of anilines is 3. The number of aromatic nitrogens is 4. The van der Waals surface area contributed by atoms with Gasteiger partial charge in [-0.2, -0.15) is 0 Å². The van der Waals surface area contributed by atoms with Crippen LogP contribution >= 0.6 is 0 Å². The van der Waals surface area contributed by atoms with Crippen LogP contribution in [0.1, 0.15) is 25.3 Å². The number of benzene rings is 1. The maximum absolute atomic E-state index is 15.0. The Morgan fingerprint density at radius 3 is 2.64 bits per heavy atom. The number of sulfone groups is 1. The van der Waals surface area contributed by atoms with Crippen molar-refractivity contribution in [2.45, 2.75) is 37.6 Å². The van der Waals surface area contributed by atoms with Crippen LogP contribution in [-0.2, 0) is 14.6 Å². The van der Waals surface area contributed by atoms with Gasteiger partial charge >= 0.3 is 0 Å². The van der Waals surface area contributed by atoms with Gasteiger partial charge in [-0.15, -0.1) is 0 Å². The minimum atomic E-state index is -3.75. The number of nitrogens with one attached hydrogen (secondary N) is 3. The first-order valence-electron chi connectivity index (χ1n) is 13.9. The van der Waals surface area contributed by atoms with Crippen LogP contribution in [0.2, 0.25) is 0 Å². The summed E-state index contributed by atoms with van der Waals surface area (Å²) >= 11 is 0. The minimum Gasteiger partial charge on any atom is -0.357 e. The third-order valence-electron chi connectivity index (χ3n) is 7.52. The van der Waals surface area contributed by atoms with Gasteiger partial charge in [0.15, 0.2) is 21.5 Å². The molecule has 1 aliphatic rings. The second kappa shape index (κ2) is 12.1. The third kappa shape index (κ3) is 6.13. The van der Waals surface area contributed by atoms with Gasteiger partial charge in [0.1, 0.15) is 4.90 Å². The topological polar surface area (TPSA) is 136 Å². The van der Waals surface area contributed by atoms with Crippen LogP contribution in [0, 0.1) is 12.7 Å². The molecule has 1 aliphatic heterocycles. The van der Waals surface area contributed by atoms with Crippen LogP contribution < -0.4 is 10.6 Å². The lowest BCUT2D eigenvalue weighted by atomic mass is 10.1. The van der Waals surface area contributed by atoms with Crippen molar-refractivity contribution in [1.29, 1.82) is 0 Å². The summed E-state index contributed by atoms with van der Waals surface area (Å²) in [6, 6.07) is 5.68. The van der Waals surface area contributed by atoms with E-state index in [1.165, 1.54) is 18.2 Å². The number of pyridine rings is 1. The molecule has 1 saturated heterocycles. The molecule has 4 aromatic rings. The molecular formula is C29H35FN8O3S. The molecule has 0 aliphatic carbocycles. The van der Waals surface area contributed by atoms with E-state index in [0.717, 1.165) is 61.8 Å². The summed E-state index contributed by atoms with van der Waals surface area (Å²) in [5.41, 5.74) is 2.72. The van der Waals surface area contributed by atoms with Crippen LogP contribution in [0.4, 0.5) is 21.8 Å². The van der Waals surface area contributed by atoms with Gasteiger partial charge in [-0.3, -0.25) is 9.69 Å². The summed E-state index contributed by atoms with van der Waals surface area (Å²) in [6.45, 7) is 7.46. The minimum absolute atomic E-state index is 0.0529. The SMILES string of the molecule is CCC[C@H](C(=O)Nc1nccc2c(-c3nc(Nc4cccc(S(C)(=O)=O)c4F)ncc3C)c[nH]c12)N1CCN(C)CC1. The molecule has 4 heterocycles. The molecule has 3 N–H and O–H groups in total. The summed E-state index contributed by atoms with van der Waals surface area (Å²) in [6.07, 6.45) is 7.63. The Bertz CT molecular complexity index is 1720. The quantitative estimate of drug-likeness (QED) is 0.263. The van der Waals surface area contributed by atoms with E-state index in [1.54, 1.807) is 18.6 Å². The van der Waals surface area contributed by atoms with Gasteiger partial charge in [0.2, 0.25) is 11.9 Å². The van der Waals surface area contributed by atoms with Gasteiger partial charge in [-0.25, -0.2) is 27.8 Å². The molecule has 5 rings (SSSR count). The fraction of sp³-hybridized carbons (Fsp3) is 0.379. The summed E-state index contributed by atoms with van der Waals surface area (Å²) in [7, 11) is -1.66. The van der Waals surface area contributed by atoms with Crippen molar-refractivity contribution >= 4 is 44.1 Å². The number of aryl methyl sites for hydroxylation is 1. The number of likely N-dealkylation sites (N-methyl/N-ethyl adjacent to an activating group) is 1. The van der Waals surface area contributed by atoms with Gasteiger partial charge in [-0.1, -0.05) is 19.4 Å². The molecule has 11 nitrogen and oxygen atoms in total. The van der Waals surface area contributed by atoms with Crippen molar-refractivity contribution in [2.75, 3.05) is 50.1 Å². The number of carbonyl (C=O) groups is 1. The van der Waals surface area contributed by atoms with Crippen LogP contribution in [0.25, 0.3) is 22.2 Å². The van der Waals surface area contributed by atoms with Gasteiger partial charge in [0, 0.05) is 62.0 Å². The van der Waals surface area contributed by atoms with Crippen molar-refractivity contribution in [3.05, 3.63) is 54.2 Å². The highest BCUT2D eigenvalue weighted by Gasteiger charge is 2.28. The Labute approximate surface area is 244 Å². The molecule has 3 aromatic heterocycles. The van der Waals surface area contributed by atoms with Gasteiger partial charge in [-0.05, 0) is 44.2 Å². The van der Waals surface area contributed by atoms with E-state index in [0.29, 0.717) is 17.0 Å². The Hall–Kier alpha value is -3.94. The summed E-state index contributed by atoms with van der Waals surface area (Å²) in [5.74, 6) is -0.446. The summed E-state index contributed by atoms with van der Waals surface area (Å²) < 4.78 is 38.9. The number of nitrogens with zero attached hydrogens (tertiary/aromatic N) is 5. The van der Waals surface area contributed by atoms with Crippen molar-refractivity contribution in [3.63, 3.8) is 0 Å². The Morgan fingerprint density at radius 2 is 1.93 bits per heavy atom. The van der Waals surface area contributed by atoms with Gasteiger partial charge in [0.25, 0.3) is 0 Å². The van der Waals surface area contributed by atoms with Crippen molar-refractivity contribution in [3.8, 4) is 11.3 Å². The normalized spacial score (nSPS) is 15.5. The molecule has 13 heteroatoms. The number of hydrogen-bond donors (Lipinski definition) is 3. The number of hydrogen-bond acceptors (Lipinski definition) is 9. The standard InChI is InChI=1S/C29H35FN8O3S/c1-5-7-22(38-14-12-37(3)13-15-38)28(39)36-27-26-19(10-11-31-27)20(17-32-26)25-18(2)16-33-29(35-25)34-21-8-6-9-23(24(21)30)42(4,40)41/h6,8-11,16-17,22,32H,5,7,12-15H2,1-4H3,(H,31,36,39)(H,33,34,35)/t22-/m1/s1. The smallest absolute Gasteiger partial charge is 0.242 e. The zero-order valence-corrected chi connectivity index (χ0v) is 24.9. The van der Waals surface area contributed by atoms with Crippen LogP contribution in [0.5, 0.6) is 0 Å². The molecule has 0 bridgehead atoms. The lowest BCUT2D eigenvalue weighted by Gasteiger charge is -2.37. The maximum atomic E-state index is 15.0. The predicted molar refractivity (Wildman–Crippen MR) is 161 cm³/mol. The van der Waals surface area contributed by atoms with E-state index >= 15 is 0 Å². The lowest BCUT2D eigenvalue weighted by Crippen LogP contribution is -2.52. The molecule has 1 amide bonds. The molecule has 0 saturated carbocycles. The largest absolute Gasteiger partial charge is 0.357 e. The van der Waals surface area contributed by atoms with Crippen molar-refractivity contribution in [2.24, 2.45) is 0 Å². The van der Waals surface area contributed by atoms with Crippen LogP contribution in [-0.4, -0.2) is 89.6 Å². The summed E-state index contributed by atoms with van der Waals surface area (Å²) in [4.78, 5) is 34.2. The van der Waals surface area contributed by atoms with E-state index in [9.17, 15) is 17.6 Å². The first-order chi connectivity index (χ1) is 20.1. The highest BCUT2D eigenvalue weighted by molar-refractivity contribution is 7.90. The van der Waals surface area contributed by atoms with E-state index < -0.39 is 20.5 Å². The number of H-pyrrole nitrogens is 1. The predicted octanol–water partition coefficient (Wildman–Crippen LogP) is 3.97. The highest BCUT2D eigenvalue weighted by atomic mass is 32.2. The molecule has 1 aromatic carbocycles. The Kier molecular flexibility index (Phi) is 8.53. The number of halogens is 1. The first kappa shape index (κ1) is 29.5. The van der Waals surface area contributed by atoms with Gasteiger partial charge in [0.05, 0.1) is 22.9 Å². The molecule has 1 fully saturated rings. The molecule has 0 radical (unpaired) electrons. The van der Waals surface area contributed by atoms with E-state index in [4.69, 9.17) is 0 Å². The lowest BCUT2D eigenvalue weighted by molar-refractivity contribution is -0.122. The third-order valence-corrected chi connectivity index (χ3v) is 8.64. The first-order valence-corrected chi connectivity index (χ1v) is 15.7. The van der Waals surface area contributed by atoms with Crippen LogP contribution in [0.3, 0.4) is 0 Å². The number of piperazine rings is 1. The zero-order chi connectivity index (χ0) is 30.0. The van der Waals surface area contributed by atoms with Crippen LogP contribution in [0.15, 0.2) is 47.8 Å². The average Bonchev–Trinajstić information content (AvgIpc) is 3.39. The van der Waals surface area contributed by atoms with E-state index in [-0.39, 0.29) is 23.6 Å². The zero-order valence-electron chi connectivity index (χ0n) is 24.1. The molecule has 42 heavy (non-hydrogen) atoms. The van der Waals surface area contributed by atoms with E-state index in [1.807, 2.05) is 13.0 Å². The summed E-state index contributed by atoms with van der Waals surface area (Å²) in [5, 5.41) is 6.66. The highest BCUT2D eigenvalue weighted by Crippen LogP contribution is 2.33. The number of fused-ring (bicyclic) bond motifs is 1. The number of rotatable bonds is 9. The fourth-order valence-electron chi connectivity index (χ4n) is 5.22. The molecule has 0 unspecified atom stereocenters. The molecule has 222 valence electrons. The maximum Gasteiger partial charge on any atom is 0.242 e. The van der Waals surface area contributed by atoms with Gasteiger partial charge < -0.3 is 20.5 Å². The van der Waals surface area contributed by atoms with Crippen molar-refractivity contribution in [1.82, 2.24) is 29.7 Å². The molecule has 0 spiro atoms. The average molecular weight is 595 g/mol. The second-order valence-electron chi connectivity index (χ2n) is 10.7. The van der Waals surface area contributed by atoms with E-state index in [2.05, 4.69) is 54.3 Å². The number of carbonyl (C=O) groups excluding carboxylic acids is 1. The monoisotopic (exact) mass is 594 g/mol. The number of amides is 1. The molecular weight excluding hydrogens is 559 g/mol. The Balaban J connectivity index is 1.43. The van der Waals surface area contributed by atoms with Crippen molar-refractivity contribution < 1.29 is 17.6 Å².